The molecule has 10 heteroatoms. The number of carbonyl (C=O) groups is 1. The topological polar surface area (TPSA) is 84.3 Å². The van der Waals surface area contributed by atoms with Crippen LogP contribution in [0.4, 0.5) is 0 Å². The summed E-state index contributed by atoms with van der Waals surface area (Å²) in [4.78, 5) is 19.6. The van der Waals surface area contributed by atoms with Crippen molar-refractivity contribution in [2.24, 2.45) is 0 Å². The SMILES string of the molecule is CCCN(C(=O)Cn1c(CS(C)(=O)=O)nc2ccccc21)C1CCNCC1.Cl.Cl. The fraction of sp³-hybridized carbons (Fsp3) is 0.579. The molecule has 29 heavy (non-hydrogen) atoms. The van der Waals surface area contributed by atoms with Crippen LogP contribution in [0.1, 0.15) is 32.0 Å². The van der Waals surface area contributed by atoms with Crippen molar-refractivity contribution in [1.82, 2.24) is 19.8 Å². The number of rotatable bonds is 7. The van der Waals surface area contributed by atoms with Crippen LogP contribution >= 0.6 is 24.8 Å². The van der Waals surface area contributed by atoms with Crippen LogP contribution in [-0.4, -0.2) is 60.7 Å². The Morgan fingerprint density at radius 3 is 2.52 bits per heavy atom. The third-order valence-corrected chi connectivity index (χ3v) is 5.74. The first-order valence-electron chi connectivity index (χ1n) is 9.51. The normalized spacial score (nSPS) is 14.8. The van der Waals surface area contributed by atoms with Gasteiger partial charge >= 0.3 is 0 Å². The Kier molecular flexibility index (Phi) is 9.88. The second kappa shape index (κ2) is 11.2. The first-order valence-corrected chi connectivity index (χ1v) is 11.6. The van der Waals surface area contributed by atoms with Gasteiger partial charge in [0.15, 0.2) is 9.84 Å². The maximum absolute atomic E-state index is 13.2. The van der Waals surface area contributed by atoms with Crippen LogP contribution in [0, 0.1) is 0 Å². The molecule has 0 radical (unpaired) electrons. The van der Waals surface area contributed by atoms with Crippen LogP contribution in [0.2, 0.25) is 0 Å². The quantitative estimate of drug-likeness (QED) is 0.679. The lowest BCUT2D eigenvalue weighted by atomic mass is 10.0. The van der Waals surface area contributed by atoms with E-state index in [0.717, 1.165) is 44.4 Å². The summed E-state index contributed by atoms with van der Waals surface area (Å²) in [5.74, 6) is 0.284. The molecule has 1 fully saturated rings. The van der Waals surface area contributed by atoms with Gasteiger partial charge in [-0.25, -0.2) is 13.4 Å². The van der Waals surface area contributed by atoms with E-state index in [1.807, 2.05) is 29.2 Å². The lowest BCUT2D eigenvalue weighted by Gasteiger charge is -2.35. The predicted octanol–water partition coefficient (Wildman–Crippen LogP) is 2.42. The van der Waals surface area contributed by atoms with E-state index in [1.165, 1.54) is 6.26 Å². The number of benzene rings is 1. The minimum atomic E-state index is -3.25. The molecule has 1 saturated heterocycles. The van der Waals surface area contributed by atoms with Crippen molar-refractivity contribution in [3.05, 3.63) is 30.1 Å². The van der Waals surface area contributed by atoms with E-state index in [4.69, 9.17) is 0 Å². The van der Waals surface area contributed by atoms with Crippen molar-refractivity contribution in [1.29, 1.82) is 0 Å². The van der Waals surface area contributed by atoms with Crippen molar-refractivity contribution in [2.75, 3.05) is 25.9 Å². The van der Waals surface area contributed by atoms with Crippen LogP contribution in [0.15, 0.2) is 24.3 Å². The maximum Gasteiger partial charge on any atom is 0.242 e. The molecule has 0 saturated carbocycles. The molecule has 0 unspecified atom stereocenters. The van der Waals surface area contributed by atoms with E-state index in [9.17, 15) is 13.2 Å². The van der Waals surface area contributed by atoms with Crippen molar-refractivity contribution >= 4 is 51.6 Å². The number of carbonyl (C=O) groups excluding carboxylic acids is 1. The third kappa shape index (κ3) is 6.57. The Labute approximate surface area is 185 Å². The highest BCUT2D eigenvalue weighted by Crippen LogP contribution is 2.20. The van der Waals surface area contributed by atoms with Gasteiger partial charge in [-0.15, -0.1) is 24.8 Å². The summed E-state index contributed by atoms with van der Waals surface area (Å²) >= 11 is 0. The monoisotopic (exact) mass is 464 g/mol. The Hall–Kier alpha value is -1.35. The van der Waals surface area contributed by atoms with Crippen LogP contribution in [-0.2, 0) is 26.9 Å². The number of para-hydroxylation sites is 2. The maximum atomic E-state index is 13.2. The summed E-state index contributed by atoms with van der Waals surface area (Å²) in [5.41, 5.74) is 1.51. The number of hydrogen-bond acceptors (Lipinski definition) is 5. The molecule has 2 heterocycles. The summed E-state index contributed by atoms with van der Waals surface area (Å²) in [6.07, 6.45) is 3.99. The molecule has 3 rings (SSSR count). The zero-order valence-electron chi connectivity index (χ0n) is 16.8. The van der Waals surface area contributed by atoms with Gasteiger partial charge in [0.05, 0.1) is 11.0 Å². The number of fused-ring (bicyclic) bond motifs is 1. The number of amides is 1. The van der Waals surface area contributed by atoms with Crippen LogP contribution in [0.25, 0.3) is 11.0 Å². The molecule has 7 nitrogen and oxygen atoms in total. The van der Waals surface area contributed by atoms with Gasteiger partial charge in [0, 0.05) is 18.8 Å². The van der Waals surface area contributed by atoms with Crippen molar-refractivity contribution in [2.45, 2.75) is 44.5 Å². The smallest absolute Gasteiger partial charge is 0.242 e. The van der Waals surface area contributed by atoms with Crippen LogP contribution in [0.5, 0.6) is 0 Å². The lowest BCUT2D eigenvalue weighted by Crippen LogP contribution is -2.47. The van der Waals surface area contributed by atoms with E-state index in [0.29, 0.717) is 11.3 Å². The number of halogens is 2. The number of piperidine rings is 1. The van der Waals surface area contributed by atoms with E-state index < -0.39 is 9.84 Å². The van der Waals surface area contributed by atoms with E-state index in [-0.39, 0.29) is 49.1 Å². The molecule has 2 aromatic rings. The van der Waals surface area contributed by atoms with Gasteiger partial charge in [0.25, 0.3) is 0 Å². The van der Waals surface area contributed by atoms with Gasteiger partial charge in [0.2, 0.25) is 5.91 Å². The lowest BCUT2D eigenvalue weighted by molar-refractivity contribution is -0.134. The summed E-state index contributed by atoms with van der Waals surface area (Å²) in [7, 11) is -3.25. The molecule has 164 valence electrons. The Bertz CT molecular complexity index is 911. The number of hydrogen-bond donors (Lipinski definition) is 1. The van der Waals surface area contributed by atoms with Crippen molar-refractivity contribution in [3.63, 3.8) is 0 Å². The molecule has 0 aliphatic carbocycles. The van der Waals surface area contributed by atoms with Gasteiger partial charge in [-0.2, -0.15) is 0 Å². The molecule has 0 bridgehead atoms. The van der Waals surface area contributed by atoms with Gasteiger partial charge in [-0.1, -0.05) is 19.1 Å². The first kappa shape index (κ1) is 25.7. The van der Waals surface area contributed by atoms with Gasteiger partial charge in [0.1, 0.15) is 18.1 Å². The van der Waals surface area contributed by atoms with Gasteiger partial charge in [-0.3, -0.25) is 4.79 Å². The first-order chi connectivity index (χ1) is 12.9. The average Bonchev–Trinajstić information content (AvgIpc) is 2.96. The summed E-state index contributed by atoms with van der Waals surface area (Å²) < 4.78 is 25.5. The highest BCUT2D eigenvalue weighted by molar-refractivity contribution is 7.89. The zero-order chi connectivity index (χ0) is 19.4. The largest absolute Gasteiger partial charge is 0.338 e. The van der Waals surface area contributed by atoms with Crippen LogP contribution < -0.4 is 5.32 Å². The third-order valence-electron chi connectivity index (χ3n) is 4.95. The Morgan fingerprint density at radius 1 is 1.24 bits per heavy atom. The Morgan fingerprint density at radius 2 is 1.90 bits per heavy atom. The minimum absolute atomic E-state index is 0. The van der Waals surface area contributed by atoms with E-state index in [1.54, 1.807) is 4.57 Å². The molecule has 1 aliphatic rings. The van der Waals surface area contributed by atoms with E-state index in [2.05, 4.69) is 17.2 Å². The standard InChI is InChI=1S/C19H28N4O3S.2ClH/c1-3-12-22(15-8-10-20-11-9-15)19(24)13-23-17-7-5-4-6-16(17)21-18(23)14-27(2,25)26;;/h4-7,15,20H,3,8-14H2,1-2H3;2*1H. The van der Waals surface area contributed by atoms with Gasteiger partial charge < -0.3 is 14.8 Å². The highest BCUT2D eigenvalue weighted by atomic mass is 35.5. The van der Waals surface area contributed by atoms with Crippen molar-refractivity contribution < 1.29 is 13.2 Å². The average molecular weight is 465 g/mol. The molecule has 0 spiro atoms. The molecule has 1 amide bonds. The number of sulfone groups is 1. The molecule has 1 aliphatic heterocycles. The molecular formula is C19H30Cl2N4O3S. The number of nitrogens with zero attached hydrogens (tertiary/aromatic N) is 3. The second-order valence-corrected chi connectivity index (χ2v) is 9.38. The number of aromatic nitrogens is 2. The van der Waals surface area contributed by atoms with E-state index >= 15 is 0 Å². The summed E-state index contributed by atoms with van der Waals surface area (Å²) in [6.45, 7) is 4.76. The predicted molar refractivity (Wildman–Crippen MR) is 121 cm³/mol. The fourth-order valence-corrected chi connectivity index (χ4v) is 4.43. The molecule has 1 aromatic heterocycles. The Balaban J connectivity index is 0.00000210. The summed E-state index contributed by atoms with van der Waals surface area (Å²) in [5, 5.41) is 3.34. The van der Waals surface area contributed by atoms with Crippen LogP contribution in [0.3, 0.4) is 0 Å². The minimum Gasteiger partial charge on any atom is -0.338 e. The second-order valence-electron chi connectivity index (χ2n) is 7.24. The highest BCUT2D eigenvalue weighted by Gasteiger charge is 2.26. The van der Waals surface area contributed by atoms with Gasteiger partial charge in [-0.05, 0) is 44.5 Å². The fourth-order valence-electron chi connectivity index (χ4n) is 3.74. The number of nitrogens with one attached hydrogen (secondary N) is 1. The van der Waals surface area contributed by atoms with Crippen molar-refractivity contribution in [3.8, 4) is 0 Å². The molecule has 1 aromatic carbocycles. The zero-order valence-corrected chi connectivity index (χ0v) is 19.3. The molecule has 0 atom stereocenters. The number of imidazole rings is 1. The summed E-state index contributed by atoms with van der Waals surface area (Å²) in [6, 6.07) is 7.72. The molecular weight excluding hydrogens is 435 g/mol. The molecule has 1 N–H and O–H groups in total.